The molecule has 0 saturated heterocycles. The molecule has 0 aliphatic heterocycles. The molecule has 0 aliphatic carbocycles. The first kappa shape index (κ1) is 23.1. The summed E-state index contributed by atoms with van der Waals surface area (Å²) < 4.78 is 16.0. The van der Waals surface area contributed by atoms with Crippen molar-refractivity contribution in [3.8, 4) is 33.2 Å². The molecule has 0 amide bonds. The van der Waals surface area contributed by atoms with Gasteiger partial charge in [-0.3, -0.25) is 19.9 Å². The highest BCUT2D eigenvalue weighted by Crippen LogP contribution is 2.36. The minimum atomic E-state index is -0.511. The summed E-state index contributed by atoms with van der Waals surface area (Å²) in [7, 11) is 3.92. The molecule has 0 saturated carbocycles. The lowest BCUT2D eigenvalue weighted by Crippen LogP contribution is -2.10. The number of imidazole rings is 1. The van der Waals surface area contributed by atoms with Crippen LogP contribution in [0.3, 0.4) is 0 Å². The molecule has 0 unspecified atom stereocenters. The number of aromatic amines is 2. The Balaban J connectivity index is 1.47. The van der Waals surface area contributed by atoms with Gasteiger partial charge in [0.1, 0.15) is 11.4 Å². The predicted molar refractivity (Wildman–Crippen MR) is 141 cm³/mol. The molecule has 6 heterocycles. The lowest BCUT2D eigenvalue weighted by atomic mass is 10.1. The van der Waals surface area contributed by atoms with E-state index in [1.54, 1.807) is 37.8 Å². The van der Waals surface area contributed by atoms with E-state index in [2.05, 4.69) is 35.1 Å². The monoisotopic (exact) mass is 512 g/mol. The van der Waals surface area contributed by atoms with Crippen molar-refractivity contribution in [2.24, 2.45) is 0 Å². The van der Waals surface area contributed by atoms with Crippen LogP contribution < -0.4 is 0 Å². The second kappa shape index (κ2) is 8.95. The van der Waals surface area contributed by atoms with E-state index in [0.29, 0.717) is 45.2 Å². The lowest BCUT2D eigenvalue weighted by Gasteiger charge is -2.10. The summed E-state index contributed by atoms with van der Waals surface area (Å²) >= 11 is 1.40. The number of pyridine rings is 3. The number of H-pyrrole nitrogens is 2. The van der Waals surface area contributed by atoms with Crippen molar-refractivity contribution in [1.29, 1.82) is 0 Å². The van der Waals surface area contributed by atoms with E-state index < -0.39 is 5.82 Å². The Bertz CT molecular complexity index is 1800. The van der Waals surface area contributed by atoms with Gasteiger partial charge in [0.05, 0.1) is 27.5 Å². The van der Waals surface area contributed by atoms with Gasteiger partial charge in [-0.2, -0.15) is 5.10 Å². The van der Waals surface area contributed by atoms with E-state index in [9.17, 15) is 4.79 Å². The summed E-state index contributed by atoms with van der Waals surface area (Å²) in [6, 6.07) is 7.45. The van der Waals surface area contributed by atoms with Gasteiger partial charge < -0.3 is 9.88 Å². The first-order valence-corrected chi connectivity index (χ1v) is 12.3. The van der Waals surface area contributed by atoms with Gasteiger partial charge in [-0.25, -0.2) is 14.4 Å². The molecule has 184 valence electrons. The third kappa shape index (κ3) is 4.07. The lowest BCUT2D eigenvalue weighted by molar-refractivity contribution is 0.102. The van der Waals surface area contributed by atoms with Gasteiger partial charge in [-0.1, -0.05) is 0 Å². The predicted octanol–water partition coefficient (Wildman–Crippen LogP) is 5.09. The first-order valence-electron chi connectivity index (χ1n) is 11.5. The topological polar surface area (TPSA) is 116 Å². The zero-order valence-electron chi connectivity index (χ0n) is 20.2. The average molecular weight is 513 g/mol. The van der Waals surface area contributed by atoms with Crippen LogP contribution in [-0.4, -0.2) is 59.9 Å². The molecule has 0 aromatic carbocycles. The number of ketones is 1. The van der Waals surface area contributed by atoms with E-state index >= 15 is 4.39 Å². The van der Waals surface area contributed by atoms with Crippen LogP contribution in [0.15, 0.2) is 49.1 Å². The zero-order valence-corrected chi connectivity index (χ0v) is 21.0. The van der Waals surface area contributed by atoms with Gasteiger partial charge in [-0.05, 0) is 50.8 Å². The summed E-state index contributed by atoms with van der Waals surface area (Å²) in [5, 5.41) is 7.49. The number of aromatic nitrogens is 7. The number of carbonyl (C=O) groups excluding carboxylic acids is 1. The third-order valence-corrected chi connectivity index (χ3v) is 7.17. The molecule has 11 heteroatoms. The Morgan fingerprint density at radius 1 is 1.11 bits per heavy atom. The molecule has 0 fully saturated rings. The number of fused-ring (bicyclic) bond motifs is 2. The van der Waals surface area contributed by atoms with Gasteiger partial charge in [0.25, 0.3) is 0 Å². The summed E-state index contributed by atoms with van der Waals surface area (Å²) in [4.78, 5) is 36.3. The van der Waals surface area contributed by atoms with E-state index in [1.807, 2.05) is 37.2 Å². The number of hydrogen-bond donors (Lipinski definition) is 2. The second-order valence-corrected chi connectivity index (χ2v) is 10.0. The van der Waals surface area contributed by atoms with Crippen LogP contribution in [0.25, 0.3) is 55.3 Å². The molecule has 0 bridgehead atoms. The first-order chi connectivity index (χ1) is 17.9. The van der Waals surface area contributed by atoms with Gasteiger partial charge in [0, 0.05) is 41.1 Å². The highest BCUT2D eigenvalue weighted by atomic mass is 32.1. The van der Waals surface area contributed by atoms with Crippen LogP contribution in [0.4, 0.5) is 4.39 Å². The molecule has 0 atom stereocenters. The third-order valence-electron chi connectivity index (χ3n) is 5.95. The molecule has 6 aromatic heterocycles. The number of nitrogens with zero attached hydrogens (tertiary/aromatic N) is 6. The SMILES string of the molecule is CC(=O)c1ccc(-c2ccnc3nc(-c4n[nH]c5cnc(-c6cncc(CN(C)C)c6)c(F)c45)[nH]c23)s1. The molecule has 0 aliphatic rings. The average Bonchev–Trinajstić information content (AvgIpc) is 3.61. The van der Waals surface area contributed by atoms with Crippen LogP contribution in [0.5, 0.6) is 0 Å². The van der Waals surface area contributed by atoms with Crippen molar-refractivity contribution >= 4 is 39.2 Å². The molecule has 2 N–H and O–H groups in total. The molecule has 6 rings (SSSR count). The summed E-state index contributed by atoms with van der Waals surface area (Å²) in [5.41, 5.74) is 4.51. The number of Topliss-reactive ketones (excluding diaryl/α,β-unsaturated/α-hetero) is 1. The van der Waals surface area contributed by atoms with Gasteiger partial charge in [-0.15, -0.1) is 11.3 Å². The van der Waals surface area contributed by atoms with Crippen LogP contribution in [0.2, 0.25) is 0 Å². The normalized spacial score (nSPS) is 11.7. The number of nitrogens with one attached hydrogen (secondary N) is 2. The Hall–Kier alpha value is -4.35. The largest absolute Gasteiger partial charge is 0.335 e. The molecular formula is C26H21FN8OS. The number of carbonyl (C=O) groups is 1. The molecule has 6 aromatic rings. The number of hydrogen-bond acceptors (Lipinski definition) is 8. The van der Waals surface area contributed by atoms with Crippen molar-refractivity contribution in [2.75, 3.05) is 14.1 Å². The Morgan fingerprint density at radius 3 is 2.76 bits per heavy atom. The summed E-state index contributed by atoms with van der Waals surface area (Å²) in [6.45, 7) is 2.22. The van der Waals surface area contributed by atoms with Gasteiger partial charge in [0.2, 0.25) is 0 Å². The highest BCUT2D eigenvalue weighted by molar-refractivity contribution is 7.17. The molecule has 0 spiro atoms. The van der Waals surface area contributed by atoms with E-state index in [4.69, 9.17) is 0 Å². The molecule has 9 nitrogen and oxygen atoms in total. The van der Waals surface area contributed by atoms with Crippen LogP contribution in [-0.2, 0) is 6.54 Å². The quantitative estimate of drug-likeness (QED) is 0.299. The number of rotatable bonds is 6. The van der Waals surface area contributed by atoms with Crippen molar-refractivity contribution in [2.45, 2.75) is 13.5 Å². The highest BCUT2D eigenvalue weighted by Gasteiger charge is 2.22. The summed E-state index contributed by atoms with van der Waals surface area (Å²) in [6.07, 6.45) is 6.58. The molecule has 37 heavy (non-hydrogen) atoms. The summed E-state index contributed by atoms with van der Waals surface area (Å²) in [5.74, 6) is -0.125. The standard InChI is InChI=1S/C26H21FN8OS/c1-13(36)18-4-5-19(37-18)16-6-7-29-25-23(16)31-26(32-25)24-20-17(33-34-24)11-30-22(21(20)27)15-8-14(9-28-10-15)12-35(2)3/h4-11H,12H2,1-3H3,(H,33,34)(H,29,31,32). The smallest absolute Gasteiger partial charge is 0.178 e. The maximum atomic E-state index is 16.0. The fourth-order valence-electron chi connectivity index (χ4n) is 4.32. The fraction of sp³-hybridized carbons (Fsp3) is 0.154. The Labute approximate surface area is 214 Å². The number of halogens is 1. The van der Waals surface area contributed by atoms with Gasteiger partial charge >= 0.3 is 0 Å². The van der Waals surface area contributed by atoms with E-state index in [0.717, 1.165) is 16.0 Å². The van der Waals surface area contributed by atoms with Gasteiger partial charge in [0.15, 0.2) is 23.1 Å². The fourth-order valence-corrected chi connectivity index (χ4v) is 5.25. The van der Waals surface area contributed by atoms with Crippen molar-refractivity contribution in [3.63, 3.8) is 0 Å². The van der Waals surface area contributed by atoms with Crippen LogP contribution >= 0.6 is 11.3 Å². The maximum absolute atomic E-state index is 16.0. The minimum absolute atomic E-state index is 0.0113. The van der Waals surface area contributed by atoms with Crippen LogP contribution in [0.1, 0.15) is 22.2 Å². The van der Waals surface area contributed by atoms with Crippen molar-refractivity contribution in [3.05, 3.63) is 65.3 Å². The maximum Gasteiger partial charge on any atom is 0.178 e. The zero-order chi connectivity index (χ0) is 25.7. The van der Waals surface area contributed by atoms with Crippen molar-refractivity contribution < 1.29 is 9.18 Å². The minimum Gasteiger partial charge on any atom is -0.335 e. The molecule has 0 radical (unpaired) electrons. The van der Waals surface area contributed by atoms with Crippen molar-refractivity contribution in [1.82, 2.24) is 40.0 Å². The Kier molecular flexibility index (Phi) is 5.58. The number of thiophene rings is 1. The second-order valence-electron chi connectivity index (χ2n) is 8.96. The molecular weight excluding hydrogens is 491 g/mol. The van der Waals surface area contributed by atoms with E-state index in [1.165, 1.54) is 11.3 Å². The van der Waals surface area contributed by atoms with E-state index in [-0.39, 0.29) is 16.9 Å². The van der Waals surface area contributed by atoms with Crippen LogP contribution in [0, 0.1) is 5.82 Å². The Morgan fingerprint density at radius 2 is 1.97 bits per heavy atom.